The van der Waals surface area contributed by atoms with Crippen molar-refractivity contribution in [2.24, 2.45) is 10.9 Å². The zero-order valence-electron chi connectivity index (χ0n) is 18.9. The Morgan fingerprint density at radius 2 is 1.89 bits per heavy atom. The molecule has 7 nitrogen and oxygen atoms in total. The van der Waals surface area contributed by atoms with Gasteiger partial charge in [-0.1, -0.05) is 13.3 Å². The number of amides is 1. The molecule has 0 aromatic heterocycles. The van der Waals surface area contributed by atoms with Crippen LogP contribution in [0, 0.1) is 5.92 Å². The van der Waals surface area contributed by atoms with Gasteiger partial charge >= 0.3 is 0 Å². The molecule has 0 atom stereocenters. The summed E-state index contributed by atoms with van der Waals surface area (Å²) < 4.78 is 5.14. The summed E-state index contributed by atoms with van der Waals surface area (Å²) in [6.45, 7) is 8.32. The van der Waals surface area contributed by atoms with Gasteiger partial charge in [-0.25, -0.2) is 4.99 Å². The number of carbonyl (C=O) groups is 1. The molecule has 0 spiro atoms. The summed E-state index contributed by atoms with van der Waals surface area (Å²) in [6, 6.07) is 0. The highest BCUT2D eigenvalue weighted by Gasteiger charge is 2.21. The monoisotopic (exact) mass is 397 g/mol. The Balaban J connectivity index is 2.42. The van der Waals surface area contributed by atoms with Crippen molar-refractivity contribution in [1.82, 2.24) is 20.0 Å². The lowest BCUT2D eigenvalue weighted by Gasteiger charge is -2.34. The molecule has 1 amide bonds. The van der Waals surface area contributed by atoms with E-state index in [0.717, 1.165) is 64.0 Å². The highest BCUT2D eigenvalue weighted by molar-refractivity contribution is 5.84. The lowest BCUT2D eigenvalue weighted by atomic mass is 9.92. The number of piperidine rings is 1. The van der Waals surface area contributed by atoms with Crippen molar-refractivity contribution in [3.05, 3.63) is 0 Å². The number of methoxy groups -OCH3 is 1. The number of hydrogen-bond donors (Lipinski definition) is 1. The van der Waals surface area contributed by atoms with Crippen molar-refractivity contribution in [2.45, 2.75) is 45.4 Å². The Morgan fingerprint density at radius 3 is 2.50 bits per heavy atom. The van der Waals surface area contributed by atoms with E-state index in [1.807, 2.05) is 0 Å². The zero-order chi connectivity index (χ0) is 20.8. The number of nitrogens with zero attached hydrogens (tertiary/aromatic N) is 4. The van der Waals surface area contributed by atoms with Gasteiger partial charge in [0.05, 0.1) is 6.61 Å². The van der Waals surface area contributed by atoms with Crippen LogP contribution in [0.5, 0.6) is 0 Å². The lowest BCUT2D eigenvalue weighted by Crippen LogP contribution is -2.46. The second kappa shape index (κ2) is 14.6. The van der Waals surface area contributed by atoms with E-state index in [9.17, 15) is 4.79 Å². The van der Waals surface area contributed by atoms with Crippen LogP contribution in [-0.2, 0) is 9.53 Å². The molecule has 7 heteroatoms. The van der Waals surface area contributed by atoms with Crippen molar-refractivity contribution in [3.63, 3.8) is 0 Å². The number of hydrogen-bond acceptors (Lipinski definition) is 4. The van der Waals surface area contributed by atoms with Gasteiger partial charge < -0.3 is 24.8 Å². The van der Waals surface area contributed by atoms with Crippen molar-refractivity contribution in [3.8, 4) is 0 Å². The normalized spacial score (nSPS) is 15.9. The van der Waals surface area contributed by atoms with E-state index in [1.165, 1.54) is 25.7 Å². The van der Waals surface area contributed by atoms with E-state index >= 15 is 0 Å². The average Bonchev–Trinajstić information content (AvgIpc) is 2.69. The number of nitrogens with one attached hydrogen (secondary N) is 1. The molecule has 1 saturated heterocycles. The molecule has 0 aromatic rings. The first-order chi connectivity index (χ1) is 13.5. The van der Waals surface area contributed by atoms with Gasteiger partial charge in [-0.05, 0) is 51.6 Å². The average molecular weight is 398 g/mol. The number of carbonyl (C=O) groups excluding carboxylic acids is 1. The fourth-order valence-corrected chi connectivity index (χ4v) is 3.37. The SMILES string of the molecule is CCCCNC(=NCC(=O)N(C)C)N1CCC(CCCN(C)CCOC)CC1. The Labute approximate surface area is 172 Å². The Bertz CT molecular complexity index is 448. The molecule has 0 aromatic carbocycles. The minimum Gasteiger partial charge on any atom is -0.383 e. The highest BCUT2D eigenvalue weighted by atomic mass is 16.5. The van der Waals surface area contributed by atoms with Crippen LogP contribution in [0.1, 0.15) is 45.4 Å². The third-order valence-electron chi connectivity index (χ3n) is 5.42. The van der Waals surface area contributed by atoms with Crippen molar-refractivity contribution < 1.29 is 9.53 Å². The highest BCUT2D eigenvalue weighted by Crippen LogP contribution is 2.22. The minimum atomic E-state index is 0.0438. The Hall–Kier alpha value is -1.34. The molecule has 1 aliphatic heterocycles. The predicted octanol–water partition coefficient (Wildman–Crippen LogP) is 1.89. The van der Waals surface area contributed by atoms with Crippen LogP contribution in [0.15, 0.2) is 4.99 Å². The zero-order valence-corrected chi connectivity index (χ0v) is 18.9. The summed E-state index contributed by atoms with van der Waals surface area (Å²) in [6.07, 6.45) is 7.22. The van der Waals surface area contributed by atoms with E-state index in [-0.39, 0.29) is 12.5 Å². The first-order valence-corrected chi connectivity index (χ1v) is 10.9. The molecule has 1 fully saturated rings. The number of unbranched alkanes of at least 4 members (excludes halogenated alkanes) is 1. The van der Waals surface area contributed by atoms with Crippen LogP contribution < -0.4 is 5.32 Å². The van der Waals surface area contributed by atoms with E-state index in [2.05, 4.69) is 34.1 Å². The maximum Gasteiger partial charge on any atom is 0.243 e. The summed E-state index contributed by atoms with van der Waals surface area (Å²) in [5.74, 6) is 1.75. The first kappa shape index (κ1) is 24.7. The van der Waals surface area contributed by atoms with Gasteiger partial charge in [0.25, 0.3) is 0 Å². The first-order valence-electron chi connectivity index (χ1n) is 10.9. The Morgan fingerprint density at radius 1 is 1.18 bits per heavy atom. The molecule has 0 radical (unpaired) electrons. The van der Waals surface area contributed by atoms with Crippen molar-refractivity contribution >= 4 is 11.9 Å². The second-order valence-electron chi connectivity index (χ2n) is 8.08. The van der Waals surface area contributed by atoms with Crippen LogP contribution in [0.2, 0.25) is 0 Å². The van der Waals surface area contributed by atoms with Crippen molar-refractivity contribution in [1.29, 1.82) is 0 Å². The fraction of sp³-hybridized carbons (Fsp3) is 0.905. The molecule has 1 N–H and O–H groups in total. The Kier molecular flexibility index (Phi) is 12.9. The van der Waals surface area contributed by atoms with Gasteiger partial charge in [0.2, 0.25) is 5.91 Å². The summed E-state index contributed by atoms with van der Waals surface area (Å²) in [7, 11) is 7.48. The number of likely N-dealkylation sites (tertiary alicyclic amines) is 1. The van der Waals surface area contributed by atoms with Gasteiger partial charge in [0.15, 0.2) is 5.96 Å². The second-order valence-corrected chi connectivity index (χ2v) is 8.08. The summed E-state index contributed by atoms with van der Waals surface area (Å²) in [5, 5.41) is 3.46. The van der Waals surface area contributed by atoms with Crippen LogP contribution in [-0.4, -0.2) is 101 Å². The van der Waals surface area contributed by atoms with E-state index in [1.54, 1.807) is 26.1 Å². The van der Waals surface area contributed by atoms with Gasteiger partial charge in [0, 0.05) is 47.4 Å². The van der Waals surface area contributed by atoms with Gasteiger partial charge in [-0.2, -0.15) is 0 Å². The molecular formula is C21H43N5O2. The third-order valence-corrected chi connectivity index (χ3v) is 5.42. The van der Waals surface area contributed by atoms with Crippen LogP contribution in [0.4, 0.5) is 0 Å². The lowest BCUT2D eigenvalue weighted by molar-refractivity contribution is -0.127. The molecule has 1 heterocycles. The molecular weight excluding hydrogens is 354 g/mol. The summed E-state index contributed by atoms with van der Waals surface area (Å²) in [4.78, 5) is 22.8. The van der Waals surface area contributed by atoms with Gasteiger partial charge in [-0.3, -0.25) is 4.79 Å². The van der Waals surface area contributed by atoms with Crippen LogP contribution in [0.25, 0.3) is 0 Å². The molecule has 28 heavy (non-hydrogen) atoms. The number of guanidine groups is 1. The van der Waals surface area contributed by atoms with Crippen molar-refractivity contribution in [2.75, 3.05) is 74.1 Å². The molecule has 1 rings (SSSR count). The standard InChI is InChI=1S/C21H43N5O2/c1-6-7-12-22-21(23-18-20(27)24(2)3)26-14-10-19(11-15-26)9-8-13-25(4)16-17-28-5/h19H,6-18H2,1-5H3,(H,22,23). The quantitative estimate of drug-likeness (QED) is 0.310. The van der Waals surface area contributed by atoms with Crippen LogP contribution in [0.3, 0.4) is 0 Å². The number of rotatable bonds is 12. The van der Waals surface area contributed by atoms with Gasteiger partial charge in [-0.15, -0.1) is 0 Å². The van der Waals surface area contributed by atoms with E-state index < -0.39 is 0 Å². The molecule has 0 unspecified atom stereocenters. The van der Waals surface area contributed by atoms with Crippen LogP contribution >= 0.6 is 0 Å². The number of likely N-dealkylation sites (N-methyl/N-ethyl adjacent to an activating group) is 2. The largest absolute Gasteiger partial charge is 0.383 e. The molecule has 0 saturated carbocycles. The molecule has 0 aliphatic carbocycles. The maximum atomic E-state index is 11.9. The smallest absolute Gasteiger partial charge is 0.243 e. The summed E-state index contributed by atoms with van der Waals surface area (Å²) in [5.41, 5.74) is 0. The molecule has 164 valence electrons. The van der Waals surface area contributed by atoms with Gasteiger partial charge in [0.1, 0.15) is 6.54 Å². The third kappa shape index (κ3) is 10.3. The van der Waals surface area contributed by atoms with E-state index in [4.69, 9.17) is 4.74 Å². The predicted molar refractivity (Wildman–Crippen MR) is 117 cm³/mol. The molecule has 1 aliphatic rings. The molecule has 0 bridgehead atoms. The maximum absolute atomic E-state index is 11.9. The van der Waals surface area contributed by atoms with E-state index in [0.29, 0.717) is 0 Å². The fourth-order valence-electron chi connectivity index (χ4n) is 3.37. The minimum absolute atomic E-state index is 0.0438. The number of aliphatic imine (C=N–C) groups is 1. The topological polar surface area (TPSA) is 60.4 Å². The number of ether oxygens (including phenoxy) is 1. The summed E-state index contributed by atoms with van der Waals surface area (Å²) >= 11 is 0.